The fraction of sp³-hybridized carbons (Fsp3) is 0.409. The van der Waals surface area contributed by atoms with Crippen LogP contribution in [0.25, 0.3) is 0 Å². The van der Waals surface area contributed by atoms with Gasteiger partial charge in [0.2, 0.25) is 10.0 Å². The molecule has 154 valence electrons. The Morgan fingerprint density at radius 2 is 1.72 bits per heavy atom. The zero-order chi connectivity index (χ0) is 20.8. The molecule has 0 N–H and O–H groups in total. The molecular formula is C22H25NO5S. The lowest BCUT2D eigenvalue weighted by molar-refractivity contribution is 0.00578. The second-order valence-corrected chi connectivity index (χ2v) is 9.86. The third-order valence-electron chi connectivity index (χ3n) is 5.86. The molecule has 0 bridgehead atoms. The van der Waals surface area contributed by atoms with Crippen molar-refractivity contribution < 1.29 is 22.7 Å². The maximum atomic E-state index is 13.0. The minimum absolute atomic E-state index is 0.0789. The molecule has 29 heavy (non-hydrogen) atoms. The van der Waals surface area contributed by atoms with Crippen molar-refractivity contribution in [3.63, 3.8) is 0 Å². The highest BCUT2D eigenvalue weighted by Crippen LogP contribution is 2.41. The Bertz CT molecular complexity index is 1050. The van der Waals surface area contributed by atoms with Crippen molar-refractivity contribution in [2.24, 2.45) is 0 Å². The second-order valence-electron chi connectivity index (χ2n) is 7.92. The number of hydrogen-bond acceptors (Lipinski definition) is 5. The monoisotopic (exact) mass is 415 g/mol. The van der Waals surface area contributed by atoms with Crippen LogP contribution in [0, 0.1) is 13.8 Å². The molecule has 7 heteroatoms. The molecule has 1 fully saturated rings. The van der Waals surface area contributed by atoms with Gasteiger partial charge in [0, 0.05) is 25.9 Å². The lowest BCUT2D eigenvalue weighted by atomic mass is 9.82. The third kappa shape index (κ3) is 3.53. The molecule has 2 aliphatic rings. The number of hydrogen-bond donors (Lipinski definition) is 0. The van der Waals surface area contributed by atoms with Gasteiger partial charge in [-0.2, -0.15) is 4.31 Å². The quantitative estimate of drug-likeness (QED) is 0.767. The summed E-state index contributed by atoms with van der Waals surface area (Å²) in [7, 11) is -2.05. The summed E-state index contributed by atoms with van der Waals surface area (Å²) in [4.78, 5) is 13.1. The van der Waals surface area contributed by atoms with E-state index in [0.717, 1.165) is 11.1 Å². The van der Waals surface area contributed by atoms with E-state index in [4.69, 9.17) is 9.47 Å². The van der Waals surface area contributed by atoms with Gasteiger partial charge in [-0.1, -0.05) is 6.07 Å². The number of rotatable bonds is 3. The molecule has 0 amide bonds. The van der Waals surface area contributed by atoms with Crippen LogP contribution in [-0.4, -0.2) is 44.3 Å². The van der Waals surface area contributed by atoms with Gasteiger partial charge in [0.15, 0.2) is 5.78 Å². The molecule has 0 aromatic heterocycles. The van der Waals surface area contributed by atoms with Gasteiger partial charge in [0.25, 0.3) is 0 Å². The summed E-state index contributed by atoms with van der Waals surface area (Å²) in [6.07, 6.45) is 1.27. The molecule has 0 saturated carbocycles. The van der Waals surface area contributed by atoms with Crippen molar-refractivity contribution in [2.45, 2.75) is 43.6 Å². The van der Waals surface area contributed by atoms with E-state index in [1.54, 1.807) is 31.4 Å². The van der Waals surface area contributed by atoms with Crippen LogP contribution in [0.3, 0.4) is 0 Å². The van der Waals surface area contributed by atoms with E-state index in [9.17, 15) is 13.2 Å². The lowest BCUT2D eigenvalue weighted by Crippen LogP contribution is -2.52. The fourth-order valence-corrected chi connectivity index (χ4v) is 5.77. The molecule has 4 rings (SSSR count). The van der Waals surface area contributed by atoms with Gasteiger partial charge in [0.05, 0.1) is 24.0 Å². The maximum absolute atomic E-state index is 13.0. The first-order valence-electron chi connectivity index (χ1n) is 9.72. The maximum Gasteiger partial charge on any atom is 0.243 e. The van der Waals surface area contributed by atoms with E-state index in [1.165, 1.54) is 4.31 Å². The summed E-state index contributed by atoms with van der Waals surface area (Å²) >= 11 is 0. The number of carbonyl (C=O) groups excluding carboxylic acids is 1. The van der Waals surface area contributed by atoms with Crippen molar-refractivity contribution in [3.8, 4) is 11.5 Å². The topological polar surface area (TPSA) is 72.9 Å². The van der Waals surface area contributed by atoms with Crippen LogP contribution < -0.4 is 9.47 Å². The molecule has 1 spiro atoms. The average molecular weight is 416 g/mol. The minimum atomic E-state index is -3.59. The number of aryl methyl sites for hydroxylation is 2. The van der Waals surface area contributed by atoms with Crippen LogP contribution in [0.4, 0.5) is 0 Å². The number of sulfonamides is 1. The first-order chi connectivity index (χ1) is 13.7. The minimum Gasteiger partial charge on any atom is -0.497 e. The van der Waals surface area contributed by atoms with Crippen LogP contribution in [0.15, 0.2) is 41.3 Å². The van der Waals surface area contributed by atoms with E-state index in [2.05, 4.69) is 0 Å². The smallest absolute Gasteiger partial charge is 0.243 e. The van der Waals surface area contributed by atoms with Crippen LogP contribution in [0.5, 0.6) is 11.5 Å². The zero-order valence-electron chi connectivity index (χ0n) is 16.9. The SMILES string of the molecule is COc1ccc(S(=O)(=O)N2CCC3(CC2)CC(=O)c2c(C)cc(C)cc2O3)cc1. The van der Waals surface area contributed by atoms with Gasteiger partial charge in [-0.3, -0.25) is 4.79 Å². The summed E-state index contributed by atoms with van der Waals surface area (Å²) in [6, 6.07) is 10.3. The van der Waals surface area contributed by atoms with E-state index >= 15 is 0 Å². The molecule has 0 radical (unpaired) electrons. The standard InChI is InChI=1S/C22H25NO5S/c1-15-12-16(2)21-19(24)14-22(28-20(21)13-15)8-10-23(11-9-22)29(25,26)18-6-4-17(27-3)5-7-18/h4-7,12-13H,8-11,14H2,1-3H3. The molecule has 6 nitrogen and oxygen atoms in total. The summed E-state index contributed by atoms with van der Waals surface area (Å²) in [5.74, 6) is 1.32. The van der Waals surface area contributed by atoms with Crippen LogP contribution in [0.1, 0.15) is 40.7 Å². The predicted molar refractivity (Wildman–Crippen MR) is 109 cm³/mol. The largest absolute Gasteiger partial charge is 0.497 e. The number of nitrogens with zero attached hydrogens (tertiary/aromatic N) is 1. The number of fused-ring (bicyclic) bond motifs is 1. The molecule has 0 aliphatic carbocycles. The lowest BCUT2D eigenvalue weighted by Gasteiger charge is -2.43. The van der Waals surface area contributed by atoms with Gasteiger partial charge in [-0.15, -0.1) is 0 Å². The van der Waals surface area contributed by atoms with Crippen molar-refractivity contribution in [1.82, 2.24) is 4.31 Å². The number of methoxy groups -OCH3 is 1. The highest BCUT2D eigenvalue weighted by atomic mass is 32.2. The zero-order valence-corrected chi connectivity index (χ0v) is 17.7. The van der Waals surface area contributed by atoms with Crippen molar-refractivity contribution in [2.75, 3.05) is 20.2 Å². The van der Waals surface area contributed by atoms with E-state index < -0.39 is 15.6 Å². The van der Waals surface area contributed by atoms with E-state index in [0.29, 0.717) is 49.4 Å². The number of piperidine rings is 1. The van der Waals surface area contributed by atoms with E-state index in [-0.39, 0.29) is 10.7 Å². The summed E-state index contributed by atoms with van der Waals surface area (Å²) in [6.45, 7) is 4.55. The average Bonchev–Trinajstić information content (AvgIpc) is 2.67. The molecule has 2 aliphatic heterocycles. The summed E-state index contributed by atoms with van der Waals surface area (Å²) in [5, 5.41) is 0. The van der Waals surface area contributed by atoms with E-state index in [1.807, 2.05) is 26.0 Å². The number of benzene rings is 2. The molecule has 1 saturated heterocycles. The second kappa shape index (κ2) is 7.15. The first-order valence-corrected chi connectivity index (χ1v) is 11.2. The predicted octanol–water partition coefficient (Wildman–Crippen LogP) is 3.50. The Morgan fingerprint density at radius 1 is 1.07 bits per heavy atom. The van der Waals surface area contributed by atoms with Gasteiger partial charge >= 0.3 is 0 Å². The highest BCUT2D eigenvalue weighted by molar-refractivity contribution is 7.89. The van der Waals surface area contributed by atoms with Gasteiger partial charge in [-0.05, 0) is 55.3 Å². The molecule has 2 aromatic rings. The molecular weight excluding hydrogens is 390 g/mol. The molecule has 2 heterocycles. The molecule has 2 aromatic carbocycles. The third-order valence-corrected chi connectivity index (χ3v) is 7.78. The van der Waals surface area contributed by atoms with Gasteiger partial charge < -0.3 is 9.47 Å². The molecule has 0 unspecified atom stereocenters. The Morgan fingerprint density at radius 3 is 2.34 bits per heavy atom. The Hall–Kier alpha value is -2.38. The summed E-state index contributed by atoms with van der Waals surface area (Å²) in [5.41, 5.74) is 2.01. The highest BCUT2D eigenvalue weighted by Gasteiger charge is 2.45. The Labute approximate surface area is 171 Å². The number of carbonyl (C=O) groups is 1. The Kier molecular flexibility index (Phi) is 4.91. The summed E-state index contributed by atoms with van der Waals surface area (Å²) < 4.78 is 38.9. The Balaban J connectivity index is 1.53. The van der Waals surface area contributed by atoms with Crippen molar-refractivity contribution in [1.29, 1.82) is 0 Å². The van der Waals surface area contributed by atoms with Crippen molar-refractivity contribution in [3.05, 3.63) is 53.1 Å². The number of ketones is 1. The van der Waals surface area contributed by atoms with Gasteiger partial charge in [0.1, 0.15) is 17.1 Å². The van der Waals surface area contributed by atoms with Crippen LogP contribution >= 0.6 is 0 Å². The normalized spacial score (nSPS) is 18.9. The first kappa shape index (κ1) is 19.9. The number of Topliss-reactive ketones (excluding diaryl/α,β-unsaturated/α-hetero) is 1. The number of ether oxygens (including phenoxy) is 2. The van der Waals surface area contributed by atoms with Gasteiger partial charge in [-0.25, -0.2) is 8.42 Å². The molecule has 0 atom stereocenters. The van der Waals surface area contributed by atoms with Crippen molar-refractivity contribution >= 4 is 15.8 Å². The fourth-order valence-electron chi connectivity index (χ4n) is 4.33. The van der Waals surface area contributed by atoms with Crippen LogP contribution in [0.2, 0.25) is 0 Å². The van der Waals surface area contributed by atoms with Crippen LogP contribution in [-0.2, 0) is 10.0 Å².